The molecule has 0 bridgehead atoms. The SMILES string of the molecule is Cc1ccc(C2(c3ccc(O)c(O)c3)c3ccccc3C3C=CC=CC32)cc1O. The normalized spacial score (nSPS) is 24.3. The number of hydrogen-bond acceptors (Lipinski definition) is 3. The first kappa shape index (κ1) is 17.6. The second-order valence-electron chi connectivity index (χ2n) is 7.92. The first-order chi connectivity index (χ1) is 14.0. The van der Waals surface area contributed by atoms with E-state index in [0.29, 0.717) is 0 Å². The zero-order valence-electron chi connectivity index (χ0n) is 16.1. The van der Waals surface area contributed by atoms with Crippen LogP contribution in [0, 0.1) is 12.8 Å². The van der Waals surface area contributed by atoms with Crippen LogP contribution < -0.4 is 0 Å². The second-order valence-corrected chi connectivity index (χ2v) is 7.92. The maximum Gasteiger partial charge on any atom is 0.157 e. The van der Waals surface area contributed by atoms with Crippen molar-refractivity contribution in [3.63, 3.8) is 0 Å². The number of rotatable bonds is 2. The predicted molar refractivity (Wildman–Crippen MR) is 113 cm³/mol. The molecular formula is C26H22O3. The molecule has 3 aromatic carbocycles. The Bertz CT molecular complexity index is 1120. The Morgan fingerprint density at radius 2 is 1.41 bits per heavy atom. The van der Waals surface area contributed by atoms with Gasteiger partial charge in [0.1, 0.15) is 5.75 Å². The molecule has 3 aromatic rings. The van der Waals surface area contributed by atoms with Crippen LogP contribution in [0.15, 0.2) is 85.0 Å². The Kier molecular flexibility index (Phi) is 3.82. The Hall–Kier alpha value is -3.46. The molecule has 3 atom stereocenters. The standard InChI is InChI=1S/C26H22O3/c1-16-10-11-17(14-24(16)28)26(18-12-13-23(27)25(29)15-18)21-8-4-2-6-19(21)20-7-3-5-9-22(20)26/h2-15,19,21,27-29H,1H3. The summed E-state index contributed by atoms with van der Waals surface area (Å²) < 4.78 is 0. The van der Waals surface area contributed by atoms with Crippen LogP contribution in [0.3, 0.4) is 0 Å². The monoisotopic (exact) mass is 382 g/mol. The fraction of sp³-hybridized carbons (Fsp3) is 0.154. The average molecular weight is 382 g/mol. The molecule has 3 unspecified atom stereocenters. The van der Waals surface area contributed by atoms with Crippen molar-refractivity contribution in [3.8, 4) is 17.2 Å². The van der Waals surface area contributed by atoms with Gasteiger partial charge in [-0.15, -0.1) is 0 Å². The van der Waals surface area contributed by atoms with Crippen molar-refractivity contribution in [2.75, 3.05) is 0 Å². The van der Waals surface area contributed by atoms with Crippen molar-refractivity contribution >= 4 is 0 Å². The number of aromatic hydroxyl groups is 3. The van der Waals surface area contributed by atoms with Crippen molar-refractivity contribution < 1.29 is 15.3 Å². The molecular weight excluding hydrogens is 360 g/mol. The number of fused-ring (bicyclic) bond motifs is 3. The molecule has 0 radical (unpaired) electrons. The number of benzene rings is 3. The Labute approximate surface area is 169 Å². The van der Waals surface area contributed by atoms with E-state index < -0.39 is 5.41 Å². The van der Waals surface area contributed by atoms with Gasteiger partial charge in [-0.2, -0.15) is 0 Å². The minimum Gasteiger partial charge on any atom is -0.508 e. The molecule has 3 N–H and O–H groups in total. The summed E-state index contributed by atoms with van der Waals surface area (Å²) >= 11 is 0. The Morgan fingerprint density at radius 1 is 0.724 bits per heavy atom. The van der Waals surface area contributed by atoms with Crippen molar-refractivity contribution in [1.82, 2.24) is 0 Å². The highest BCUT2D eigenvalue weighted by Gasteiger charge is 2.53. The zero-order valence-corrected chi connectivity index (χ0v) is 16.1. The molecule has 0 saturated heterocycles. The van der Waals surface area contributed by atoms with E-state index in [9.17, 15) is 15.3 Å². The molecule has 29 heavy (non-hydrogen) atoms. The first-order valence-corrected chi connectivity index (χ1v) is 9.80. The van der Waals surface area contributed by atoms with Crippen LogP contribution in [-0.4, -0.2) is 15.3 Å². The van der Waals surface area contributed by atoms with E-state index in [2.05, 4.69) is 48.6 Å². The third-order valence-corrected chi connectivity index (χ3v) is 6.47. The van der Waals surface area contributed by atoms with Gasteiger partial charge in [-0.25, -0.2) is 0 Å². The van der Waals surface area contributed by atoms with Gasteiger partial charge < -0.3 is 15.3 Å². The lowest BCUT2D eigenvalue weighted by Crippen LogP contribution is -2.35. The number of phenols is 3. The van der Waals surface area contributed by atoms with E-state index in [1.54, 1.807) is 12.1 Å². The van der Waals surface area contributed by atoms with Crippen LogP contribution >= 0.6 is 0 Å². The van der Waals surface area contributed by atoms with Gasteiger partial charge in [0.15, 0.2) is 11.5 Å². The minimum atomic E-state index is -0.598. The van der Waals surface area contributed by atoms with Crippen LogP contribution in [0.2, 0.25) is 0 Å². The van der Waals surface area contributed by atoms with E-state index in [1.165, 1.54) is 5.56 Å². The number of hydrogen-bond donors (Lipinski definition) is 3. The summed E-state index contributed by atoms with van der Waals surface area (Å²) in [4.78, 5) is 0. The molecule has 0 amide bonds. The van der Waals surface area contributed by atoms with Crippen LogP contribution in [-0.2, 0) is 5.41 Å². The number of allylic oxidation sites excluding steroid dienone is 4. The van der Waals surface area contributed by atoms with Gasteiger partial charge in [0.2, 0.25) is 0 Å². The molecule has 0 aliphatic heterocycles. The zero-order chi connectivity index (χ0) is 20.2. The topological polar surface area (TPSA) is 60.7 Å². The van der Waals surface area contributed by atoms with Gasteiger partial charge in [-0.3, -0.25) is 0 Å². The predicted octanol–water partition coefficient (Wildman–Crippen LogP) is 5.29. The first-order valence-electron chi connectivity index (χ1n) is 9.80. The molecule has 144 valence electrons. The fourth-order valence-electron chi connectivity index (χ4n) is 5.13. The van der Waals surface area contributed by atoms with E-state index >= 15 is 0 Å². The van der Waals surface area contributed by atoms with Crippen LogP contribution in [0.25, 0.3) is 0 Å². The van der Waals surface area contributed by atoms with Gasteiger partial charge in [0.05, 0.1) is 5.41 Å². The fourth-order valence-corrected chi connectivity index (χ4v) is 5.13. The molecule has 0 aromatic heterocycles. The lowest BCUT2D eigenvalue weighted by atomic mass is 9.63. The quantitative estimate of drug-likeness (QED) is 0.528. The smallest absolute Gasteiger partial charge is 0.157 e. The molecule has 0 heterocycles. The van der Waals surface area contributed by atoms with Gasteiger partial charge >= 0.3 is 0 Å². The number of phenolic OH excluding ortho intramolecular Hbond substituents is 3. The highest BCUT2D eigenvalue weighted by molar-refractivity contribution is 5.64. The van der Waals surface area contributed by atoms with Crippen molar-refractivity contribution in [2.45, 2.75) is 18.3 Å². The summed E-state index contributed by atoms with van der Waals surface area (Å²) in [6.07, 6.45) is 8.58. The maximum absolute atomic E-state index is 10.5. The van der Waals surface area contributed by atoms with Crippen molar-refractivity contribution in [1.29, 1.82) is 0 Å². The lowest BCUT2D eigenvalue weighted by molar-refractivity contribution is 0.398. The molecule has 3 heteroatoms. The average Bonchev–Trinajstić information content (AvgIpc) is 3.04. The summed E-state index contributed by atoms with van der Waals surface area (Å²) in [5.74, 6) is 0.236. The third-order valence-electron chi connectivity index (χ3n) is 6.47. The Morgan fingerprint density at radius 3 is 2.17 bits per heavy atom. The summed E-state index contributed by atoms with van der Waals surface area (Å²) in [5, 5.41) is 30.8. The molecule has 0 spiro atoms. The minimum absolute atomic E-state index is 0.0796. The van der Waals surface area contributed by atoms with Crippen molar-refractivity contribution in [2.24, 2.45) is 5.92 Å². The molecule has 0 saturated carbocycles. The van der Waals surface area contributed by atoms with E-state index in [0.717, 1.165) is 22.3 Å². The highest BCUT2D eigenvalue weighted by atomic mass is 16.3. The highest BCUT2D eigenvalue weighted by Crippen LogP contribution is 2.60. The molecule has 2 aliphatic rings. The summed E-state index contributed by atoms with van der Waals surface area (Å²) in [5.41, 5.74) is 4.46. The summed E-state index contributed by atoms with van der Waals surface area (Å²) in [6, 6.07) is 19.3. The maximum atomic E-state index is 10.5. The second kappa shape index (κ2) is 6.28. The molecule has 3 nitrogen and oxygen atoms in total. The van der Waals surface area contributed by atoms with Crippen LogP contribution in [0.1, 0.15) is 33.7 Å². The largest absolute Gasteiger partial charge is 0.508 e. The molecule has 2 aliphatic carbocycles. The van der Waals surface area contributed by atoms with E-state index in [4.69, 9.17) is 0 Å². The van der Waals surface area contributed by atoms with E-state index in [-0.39, 0.29) is 29.1 Å². The van der Waals surface area contributed by atoms with E-state index in [1.807, 2.05) is 31.2 Å². The Balaban J connectivity index is 1.90. The van der Waals surface area contributed by atoms with Gasteiger partial charge in [0.25, 0.3) is 0 Å². The van der Waals surface area contributed by atoms with Crippen molar-refractivity contribution in [3.05, 3.63) is 113 Å². The van der Waals surface area contributed by atoms with Gasteiger partial charge in [-0.05, 0) is 52.9 Å². The summed E-state index contributed by atoms with van der Waals surface area (Å²) in [6.45, 7) is 1.88. The number of aryl methyl sites for hydroxylation is 1. The molecule has 0 fully saturated rings. The van der Waals surface area contributed by atoms with Crippen LogP contribution in [0.5, 0.6) is 17.2 Å². The lowest BCUT2D eigenvalue weighted by Gasteiger charge is -2.39. The van der Waals surface area contributed by atoms with Gasteiger partial charge in [0, 0.05) is 11.8 Å². The van der Waals surface area contributed by atoms with Gasteiger partial charge in [-0.1, -0.05) is 66.8 Å². The third kappa shape index (κ3) is 2.37. The van der Waals surface area contributed by atoms with Crippen LogP contribution in [0.4, 0.5) is 0 Å². The summed E-state index contributed by atoms with van der Waals surface area (Å²) in [7, 11) is 0. The molecule has 5 rings (SSSR count).